The molecule has 1 aromatic carbocycles. The molecule has 0 saturated carbocycles. The molecule has 4 rings (SSSR count). The van der Waals surface area contributed by atoms with Gasteiger partial charge in [0, 0.05) is 24.1 Å². The number of unbranched alkanes of at least 4 members (excludes halogenated alkanes) is 1. The molecule has 1 amide bonds. The van der Waals surface area contributed by atoms with Gasteiger partial charge in [-0.15, -0.1) is 12.3 Å². The van der Waals surface area contributed by atoms with E-state index >= 15 is 0 Å². The van der Waals surface area contributed by atoms with Crippen LogP contribution in [-0.4, -0.2) is 169 Å². The molecule has 15 atom stereocenters. The summed E-state index contributed by atoms with van der Waals surface area (Å²) in [6, 6.07) is 4.01. The van der Waals surface area contributed by atoms with Crippen molar-refractivity contribution in [3.8, 4) is 18.1 Å². The molecule has 282 valence electrons. The number of hydrogen-bond acceptors (Lipinski definition) is 17. The van der Waals surface area contributed by atoms with Crippen molar-refractivity contribution in [3.05, 3.63) is 23.8 Å². The van der Waals surface area contributed by atoms with E-state index in [-0.39, 0.29) is 29.3 Å². The fourth-order valence-electron chi connectivity index (χ4n) is 5.72. The number of rotatable bonds is 14. The first-order chi connectivity index (χ1) is 23.9. The van der Waals surface area contributed by atoms with Crippen LogP contribution in [0.4, 0.5) is 10.1 Å². The van der Waals surface area contributed by atoms with Crippen molar-refractivity contribution in [3.63, 3.8) is 0 Å². The lowest BCUT2D eigenvalue weighted by Gasteiger charge is -2.48. The zero-order valence-corrected chi connectivity index (χ0v) is 26.6. The van der Waals surface area contributed by atoms with Gasteiger partial charge in [-0.05, 0) is 24.6 Å². The van der Waals surface area contributed by atoms with Gasteiger partial charge in [0.25, 0.3) is 0 Å². The minimum atomic E-state index is -1.99. The predicted molar refractivity (Wildman–Crippen MR) is 162 cm³/mol. The number of aliphatic hydroxyl groups is 10. The van der Waals surface area contributed by atoms with Crippen LogP contribution in [0.2, 0.25) is 0 Å². The van der Waals surface area contributed by atoms with E-state index in [0.717, 1.165) is 0 Å². The fourth-order valence-corrected chi connectivity index (χ4v) is 5.72. The molecule has 18 nitrogen and oxygen atoms in total. The molecule has 19 heteroatoms. The second kappa shape index (κ2) is 18.2. The van der Waals surface area contributed by atoms with Gasteiger partial charge >= 0.3 is 0 Å². The van der Waals surface area contributed by atoms with Gasteiger partial charge in [-0.3, -0.25) is 4.79 Å². The van der Waals surface area contributed by atoms with E-state index in [9.17, 15) is 60.3 Å². The van der Waals surface area contributed by atoms with Gasteiger partial charge < -0.3 is 84.8 Å². The average molecular weight is 722 g/mol. The number of amides is 1. The number of halogens is 1. The van der Waals surface area contributed by atoms with Crippen LogP contribution in [-0.2, 0) is 35.2 Å². The molecule has 1 aromatic rings. The summed E-state index contributed by atoms with van der Waals surface area (Å²) in [6.45, 7) is -3.54. The number of anilines is 1. The van der Waals surface area contributed by atoms with E-state index in [1.165, 1.54) is 18.2 Å². The molecule has 0 aliphatic carbocycles. The quantitative estimate of drug-likeness (QED) is 0.0640. The van der Waals surface area contributed by atoms with Crippen LogP contribution in [0, 0.1) is 12.3 Å². The molecule has 3 fully saturated rings. The Kier molecular flexibility index (Phi) is 14.6. The van der Waals surface area contributed by atoms with Crippen molar-refractivity contribution in [1.29, 1.82) is 0 Å². The van der Waals surface area contributed by atoms with Gasteiger partial charge in [-0.25, -0.2) is 4.39 Å². The smallest absolute Gasteiger partial charge is 0.229 e. The van der Waals surface area contributed by atoms with Crippen LogP contribution in [0.15, 0.2) is 18.2 Å². The van der Waals surface area contributed by atoms with Crippen molar-refractivity contribution < 1.29 is 88.7 Å². The third kappa shape index (κ3) is 9.05. The van der Waals surface area contributed by atoms with E-state index in [2.05, 4.69) is 11.2 Å². The van der Waals surface area contributed by atoms with Gasteiger partial charge in [-0.2, -0.15) is 0 Å². The standard InChI is InChI=1S/C31H44FNO17/c1-2-3-4-5-19(37)33-14-6-7-15(13(8-14)9-32)45-29-25(43)22(40)27(17(11-35)47-29)50-31-26(44)23(41)28(18(12-36)48-31)49-30-24(42)21(39)20(38)16(10-34)46-30/h1,6-8,16-18,20-31,34-36,38-44H,3-5,9-12H2,(H,33,37)/t16?,17?,18?,20-,21?,22?,23?,24?,25?,26?,27+,28+,29-,30-,31-/m1/s1. The number of alkyl halides is 1. The fraction of sp³-hybridized carbons (Fsp3) is 0.710. The number of nitrogens with one attached hydrogen (secondary N) is 1. The Morgan fingerprint density at radius 2 is 1.28 bits per heavy atom. The minimum Gasteiger partial charge on any atom is -0.462 e. The van der Waals surface area contributed by atoms with Crippen molar-refractivity contribution >= 4 is 11.6 Å². The second-order valence-electron chi connectivity index (χ2n) is 12.0. The number of carbonyl (C=O) groups excluding carboxylic acids is 1. The van der Waals surface area contributed by atoms with Crippen LogP contribution < -0.4 is 10.1 Å². The summed E-state index contributed by atoms with van der Waals surface area (Å²) in [5.41, 5.74) is 0.219. The molecule has 0 bridgehead atoms. The van der Waals surface area contributed by atoms with Crippen LogP contribution >= 0.6 is 0 Å². The number of carbonyl (C=O) groups is 1. The van der Waals surface area contributed by atoms with Crippen LogP contribution in [0.5, 0.6) is 5.75 Å². The maximum Gasteiger partial charge on any atom is 0.229 e. The maximum atomic E-state index is 14.0. The molecule has 3 aliphatic heterocycles. The summed E-state index contributed by atoms with van der Waals surface area (Å²) in [7, 11) is 0. The molecular formula is C31H44FNO17. The van der Waals surface area contributed by atoms with E-state index in [0.29, 0.717) is 12.8 Å². The zero-order valence-electron chi connectivity index (χ0n) is 26.6. The predicted octanol–water partition coefficient (Wildman–Crippen LogP) is -4.27. The normalized spacial score (nSPS) is 39.0. The van der Waals surface area contributed by atoms with Gasteiger partial charge in [-0.1, -0.05) is 0 Å². The Morgan fingerprint density at radius 3 is 1.82 bits per heavy atom. The monoisotopic (exact) mass is 721 g/mol. The van der Waals surface area contributed by atoms with Crippen molar-refractivity contribution in [1.82, 2.24) is 0 Å². The molecule has 9 unspecified atom stereocenters. The summed E-state index contributed by atoms with van der Waals surface area (Å²) in [5.74, 6) is 1.97. The first-order valence-corrected chi connectivity index (χ1v) is 15.8. The van der Waals surface area contributed by atoms with Crippen LogP contribution in [0.3, 0.4) is 0 Å². The molecule has 3 saturated heterocycles. The largest absolute Gasteiger partial charge is 0.462 e. The topological polar surface area (TPSA) is 287 Å². The first kappa shape index (κ1) is 40.2. The summed E-state index contributed by atoms with van der Waals surface area (Å²) < 4.78 is 47.2. The minimum absolute atomic E-state index is 0.0427. The number of ether oxygens (including phenoxy) is 6. The Labute approximate surface area is 285 Å². The highest BCUT2D eigenvalue weighted by Crippen LogP contribution is 2.34. The number of hydrogen-bond donors (Lipinski definition) is 11. The van der Waals surface area contributed by atoms with Crippen molar-refractivity contribution in [2.75, 3.05) is 25.1 Å². The van der Waals surface area contributed by atoms with Crippen molar-refractivity contribution in [2.24, 2.45) is 0 Å². The van der Waals surface area contributed by atoms with Crippen LogP contribution in [0.1, 0.15) is 24.8 Å². The van der Waals surface area contributed by atoms with E-state index in [1.54, 1.807) is 0 Å². The molecule has 0 aromatic heterocycles. The molecule has 3 heterocycles. The molecular weight excluding hydrogens is 677 g/mol. The third-order valence-electron chi connectivity index (χ3n) is 8.53. The second-order valence-corrected chi connectivity index (χ2v) is 12.0. The van der Waals surface area contributed by atoms with E-state index < -0.39 is 119 Å². The highest BCUT2D eigenvalue weighted by atomic mass is 19.1. The Morgan fingerprint density at radius 1 is 0.760 bits per heavy atom. The van der Waals surface area contributed by atoms with E-state index in [4.69, 9.17) is 34.8 Å². The Bertz CT molecular complexity index is 1280. The van der Waals surface area contributed by atoms with Gasteiger partial charge in [0.2, 0.25) is 12.2 Å². The highest BCUT2D eigenvalue weighted by Gasteiger charge is 2.53. The third-order valence-corrected chi connectivity index (χ3v) is 8.53. The lowest BCUT2D eigenvalue weighted by Crippen LogP contribution is -2.66. The molecule has 0 spiro atoms. The molecule has 3 aliphatic rings. The van der Waals surface area contributed by atoms with Crippen molar-refractivity contribution in [2.45, 2.75) is 118 Å². The van der Waals surface area contributed by atoms with Gasteiger partial charge in [0.15, 0.2) is 12.6 Å². The lowest BCUT2D eigenvalue weighted by molar-refractivity contribution is -0.376. The Balaban J connectivity index is 1.41. The summed E-state index contributed by atoms with van der Waals surface area (Å²) >= 11 is 0. The van der Waals surface area contributed by atoms with Gasteiger partial charge in [0.1, 0.15) is 85.7 Å². The summed E-state index contributed by atoms with van der Waals surface area (Å²) in [5, 5.41) is 106. The van der Waals surface area contributed by atoms with Gasteiger partial charge in [0.05, 0.1) is 19.8 Å². The molecule has 0 radical (unpaired) electrons. The lowest BCUT2D eigenvalue weighted by atomic mass is 9.96. The average Bonchev–Trinajstić information content (AvgIpc) is 3.11. The highest BCUT2D eigenvalue weighted by molar-refractivity contribution is 5.90. The van der Waals surface area contributed by atoms with E-state index in [1.807, 2.05) is 0 Å². The summed E-state index contributed by atoms with van der Waals surface area (Å²) in [4.78, 5) is 12.1. The zero-order chi connectivity index (χ0) is 36.7. The number of aliphatic hydroxyl groups excluding tert-OH is 10. The summed E-state index contributed by atoms with van der Waals surface area (Å²) in [6.07, 6.45) is -19.8. The number of terminal acetylenes is 1. The SMILES string of the molecule is C#CCCCC(=O)Nc1ccc(O[C@@H]2OC(CO)[C@H](O[C@H]3OC(CO)[C@H](O[C@H]4OC(CO)[C@@H](O)C(O)C4O)C(O)C3O)C(O)C2O)c(CF)c1. The van der Waals surface area contributed by atoms with Crippen LogP contribution in [0.25, 0.3) is 0 Å². The molecule has 50 heavy (non-hydrogen) atoms. The molecule has 11 N–H and O–H groups in total. The maximum absolute atomic E-state index is 14.0. The Hall–Kier alpha value is -2.62. The first-order valence-electron chi connectivity index (χ1n) is 15.8. The number of benzene rings is 1.